The van der Waals surface area contributed by atoms with E-state index in [0.29, 0.717) is 31.0 Å². The number of carbonyl (C=O) groups is 1. The van der Waals surface area contributed by atoms with E-state index >= 15 is 0 Å². The maximum absolute atomic E-state index is 11.2. The van der Waals surface area contributed by atoms with Gasteiger partial charge < -0.3 is 20.1 Å². The van der Waals surface area contributed by atoms with Crippen molar-refractivity contribution in [1.29, 1.82) is 0 Å². The van der Waals surface area contributed by atoms with Gasteiger partial charge in [0, 0.05) is 37.4 Å². The van der Waals surface area contributed by atoms with Crippen molar-refractivity contribution in [2.24, 2.45) is 5.73 Å². The topological polar surface area (TPSA) is 90.4 Å². The molecule has 6 heteroatoms. The third-order valence-corrected chi connectivity index (χ3v) is 3.47. The summed E-state index contributed by atoms with van der Waals surface area (Å²) in [6.45, 7) is 2.00. The van der Waals surface area contributed by atoms with Crippen LogP contribution >= 0.6 is 0 Å². The number of nitrogens with zero attached hydrogens (tertiary/aromatic N) is 2. The van der Waals surface area contributed by atoms with Gasteiger partial charge in [-0.05, 0) is 25.8 Å². The number of hydrogen-bond donors (Lipinski definition) is 2. The van der Waals surface area contributed by atoms with Crippen molar-refractivity contribution < 1.29 is 14.6 Å². The Balaban J connectivity index is 2.02. The fourth-order valence-corrected chi connectivity index (χ4v) is 2.34. The molecule has 0 aromatic carbocycles. The van der Waals surface area contributed by atoms with Gasteiger partial charge in [0.1, 0.15) is 0 Å². The molecule has 0 saturated carbocycles. The lowest BCUT2D eigenvalue weighted by Crippen LogP contribution is -2.18. The van der Waals surface area contributed by atoms with Crippen LogP contribution in [0.4, 0.5) is 0 Å². The molecular weight excluding hydrogens is 258 g/mol. The number of rotatable bonds is 6. The van der Waals surface area contributed by atoms with E-state index in [1.54, 1.807) is 12.4 Å². The monoisotopic (exact) mass is 279 g/mol. The molecule has 3 N–H and O–H groups in total. The molecule has 0 spiro atoms. The summed E-state index contributed by atoms with van der Waals surface area (Å²) in [5.41, 5.74) is 6.54. The lowest BCUT2D eigenvalue weighted by molar-refractivity contribution is -0.132. The smallest absolute Gasteiger partial charge is 0.331 e. The van der Waals surface area contributed by atoms with Crippen molar-refractivity contribution in [3.8, 4) is 0 Å². The van der Waals surface area contributed by atoms with Crippen LogP contribution in [0.15, 0.2) is 24.2 Å². The molecule has 1 saturated heterocycles. The van der Waals surface area contributed by atoms with E-state index in [2.05, 4.69) is 9.55 Å². The molecule has 0 bridgehead atoms. The minimum absolute atomic E-state index is 0.339. The van der Waals surface area contributed by atoms with Crippen LogP contribution in [-0.4, -0.2) is 40.4 Å². The van der Waals surface area contributed by atoms with Gasteiger partial charge in [0.2, 0.25) is 0 Å². The molecular formula is C14H21N3O3. The Morgan fingerprint density at radius 1 is 1.55 bits per heavy atom. The van der Waals surface area contributed by atoms with Gasteiger partial charge in [-0.2, -0.15) is 0 Å². The van der Waals surface area contributed by atoms with E-state index in [1.165, 1.54) is 0 Å². The molecule has 1 aromatic rings. The van der Waals surface area contributed by atoms with Crippen LogP contribution in [-0.2, 0) is 16.0 Å². The fourth-order valence-electron chi connectivity index (χ4n) is 2.34. The molecule has 1 aliphatic rings. The van der Waals surface area contributed by atoms with E-state index in [-0.39, 0.29) is 0 Å². The third-order valence-electron chi connectivity index (χ3n) is 3.47. The average molecular weight is 279 g/mol. The first-order chi connectivity index (χ1) is 9.70. The van der Waals surface area contributed by atoms with Crippen molar-refractivity contribution in [1.82, 2.24) is 9.55 Å². The first kappa shape index (κ1) is 14.7. The summed E-state index contributed by atoms with van der Waals surface area (Å²) in [5.74, 6) is -0.904. The van der Waals surface area contributed by atoms with Crippen LogP contribution < -0.4 is 5.73 Å². The number of aliphatic carboxylic acids is 1. The first-order valence-corrected chi connectivity index (χ1v) is 6.93. The van der Waals surface area contributed by atoms with Crippen molar-refractivity contribution >= 4 is 5.97 Å². The average Bonchev–Trinajstić information content (AvgIpc) is 2.92. The standard InChI is InChI=1S/C14H21N3O3/c15-5-1-2-11(14(18)19)8-12-9-17(10-16-12)13-3-6-20-7-4-13/h2,9-10,13H,1,3-8,15H2,(H,18,19)/b11-2-. The Morgan fingerprint density at radius 3 is 2.95 bits per heavy atom. The molecule has 2 heterocycles. The van der Waals surface area contributed by atoms with Gasteiger partial charge in [0.05, 0.1) is 12.0 Å². The highest BCUT2D eigenvalue weighted by atomic mass is 16.5. The summed E-state index contributed by atoms with van der Waals surface area (Å²) in [7, 11) is 0. The van der Waals surface area contributed by atoms with E-state index in [4.69, 9.17) is 15.6 Å². The van der Waals surface area contributed by atoms with Gasteiger partial charge in [-0.15, -0.1) is 0 Å². The second kappa shape index (κ2) is 7.21. The summed E-state index contributed by atoms with van der Waals surface area (Å²) >= 11 is 0. The van der Waals surface area contributed by atoms with Crippen molar-refractivity contribution in [3.05, 3.63) is 29.9 Å². The minimum Gasteiger partial charge on any atom is -0.478 e. The molecule has 0 radical (unpaired) electrons. The van der Waals surface area contributed by atoms with E-state index in [9.17, 15) is 4.79 Å². The number of nitrogens with two attached hydrogens (primary N) is 1. The molecule has 0 amide bonds. The minimum atomic E-state index is -0.904. The molecule has 0 aliphatic carbocycles. The van der Waals surface area contributed by atoms with Crippen LogP contribution in [0.1, 0.15) is 31.0 Å². The Kier molecular flexibility index (Phi) is 5.31. The Morgan fingerprint density at radius 2 is 2.30 bits per heavy atom. The molecule has 1 fully saturated rings. The molecule has 1 aromatic heterocycles. The van der Waals surface area contributed by atoms with Crippen LogP contribution in [0, 0.1) is 0 Å². The highest BCUT2D eigenvalue weighted by molar-refractivity contribution is 5.86. The highest BCUT2D eigenvalue weighted by Gasteiger charge is 2.17. The predicted molar refractivity (Wildman–Crippen MR) is 74.4 cm³/mol. The Bertz CT molecular complexity index is 476. The number of imidazole rings is 1. The highest BCUT2D eigenvalue weighted by Crippen LogP contribution is 2.21. The summed E-state index contributed by atoms with van der Waals surface area (Å²) in [6, 6.07) is 0.409. The lowest BCUT2D eigenvalue weighted by Gasteiger charge is -2.22. The molecule has 6 nitrogen and oxygen atoms in total. The molecule has 2 rings (SSSR count). The zero-order chi connectivity index (χ0) is 14.4. The Labute approximate surface area is 118 Å². The SMILES string of the molecule is NCC/C=C(/Cc1cn(C2CCOCC2)cn1)C(=O)O. The second-order valence-corrected chi connectivity index (χ2v) is 4.94. The number of aromatic nitrogens is 2. The van der Waals surface area contributed by atoms with Crippen molar-refractivity contribution in [2.75, 3.05) is 19.8 Å². The Hall–Kier alpha value is -1.66. The fraction of sp³-hybridized carbons (Fsp3) is 0.571. The zero-order valence-electron chi connectivity index (χ0n) is 11.5. The van der Waals surface area contributed by atoms with Gasteiger partial charge >= 0.3 is 5.97 Å². The quantitative estimate of drug-likeness (QED) is 0.762. The first-order valence-electron chi connectivity index (χ1n) is 6.93. The number of ether oxygens (including phenoxy) is 1. The molecule has 0 unspecified atom stereocenters. The van der Waals surface area contributed by atoms with Gasteiger partial charge in [-0.25, -0.2) is 9.78 Å². The second-order valence-electron chi connectivity index (χ2n) is 4.94. The maximum atomic E-state index is 11.2. The number of carboxylic acid groups (broad SMARTS) is 1. The van der Waals surface area contributed by atoms with Crippen LogP contribution in [0.3, 0.4) is 0 Å². The lowest BCUT2D eigenvalue weighted by atomic mass is 10.1. The predicted octanol–water partition coefficient (Wildman–Crippen LogP) is 1.14. The summed E-state index contributed by atoms with van der Waals surface area (Å²) in [6.07, 6.45) is 8.27. The normalized spacial score (nSPS) is 17.4. The van der Waals surface area contributed by atoms with Gasteiger partial charge in [0.25, 0.3) is 0 Å². The zero-order valence-corrected chi connectivity index (χ0v) is 11.5. The van der Waals surface area contributed by atoms with Crippen LogP contribution in [0.2, 0.25) is 0 Å². The van der Waals surface area contributed by atoms with Gasteiger partial charge in [0.15, 0.2) is 0 Å². The van der Waals surface area contributed by atoms with E-state index < -0.39 is 5.97 Å². The number of hydrogen-bond acceptors (Lipinski definition) is 4. The van der Waals surface area contributed by atoms with Crippen LogP contribution in [0.25, 0.3) is 0 Å². The van der Waals surface area contributed by atoms with Crippen LogP contribution in [0.5, 0.6) is 0 Å². The van der Waals surface area contributed by atoms with Gasteiger partial charge in [-0.3, -0.25) is 0 Å². The van der Waals surface area contributed by atoms with E-state index in [1.807, 2.05) is 6.20 Å². The maximum Gasteiger partial charge on any atom is 0.331 e. The molecule has 1 aliphatic heterocycles. The summed E-state index contributed by atoms with van der Waals surface area (Å²) in [4.78, 5) is 15.5. The largest absolute Gasteiger partial charge is 0.478 e. The summed E-state index contributed by atoms with van der Waals surface area (Å²) in [5, 5.41) is 9.16. The molecule has 20 heavy (non-hydrogen) atoms. The van der Waals surface area contributed by atoms with E-state index in [0.717, 1.165) is 31.7 Å². The van der Waals surface area contributed by atoms with Crippen molar-refractivity contribution in [3.63, 3.8) is 0 Å². The van der Waals surface area contributed by atoms with Gasteiger partial charge in [-0.1, -0.05) is 6.08 Å². The molecule has 0 atom stereocenters. The number of carboxylic acids is 1. The third kappa shape index (κ3) is 3.91. The van der Waals surface area contributed by atoms with Crippen molar-refractivity contribution in [2.45, 2.75) is 31.7 Å². The molecule has 110 valence electrons. The summed E-state index contributed by atoms with van der Waals surface area (Å²) < 4.78 is 7.41.